The Labute approximate surface area is 99.6 Å². The molecule has 1 fully saturated rings. The van der Waals surface area contributed by atoms with Crippen LogP contribution in [0.2, 0.25) is 0 Å². The molecule has 1 aliphatic carbocycles. The number of benzene rings is 1. The summed E-state index contributed by atoms with van der Waals surface area (Å²) in [6, 6.07) is 8.27. The van der Waals surface area contributed by atoms with E-state index in [9.17, 15) is 0 Å². The zero-order valence-electron chi connectivity index (χ0n) is 9.43. The smallest absolute Gasteiger partial charge is 0.0717 e. The van der Waals surface area contributed by atoms with Crippen LogP contribution in [0.5, 0.6) is 0 Å². The molecular weight excluding hydrogens is 208 g/mol. The summed E-state index contributed by atoms with van der Waals surface area (Å²) in [6.07, 6.45) is 10.9. The van der Waals surface area contributed by atoms with Crippen molar-refractivity contribution in [3.05, 3.63) is 70.2 Å². The lowest BCUT2D eigenvalue weighted by Crippen LogP contribution is -2.29. The van der Waals surface area contributed by atoms with Crippen molar-refractivity contribution in [1.82, 2.24) is 4.90 Å². The van der Waals surface area contributed by atoms with E-state index in [-0.39, 0.29) is 0 Å². The fourth-order valence-corrected chi connectivity index (χ4v) is 2.63. The number of allylic oxidation sites excluding steroid dienone is 4. The van der Waals surface area contributed by atoms with Gasteiger partial charge in [-0.2, -0.15) is 0 Å². The fraction of sp³-hybridized carbons (Fsp3) is 0.133. The van der Waals surface area contributed by atoms with Gasteiger partial charge in [-0.1, -0.05) is 24.3 Å². The van der Waals surface area contributed by atoms with Crippen molar-refractivity contribution in [3.8, 4) is 0 Å². The molecule has 0 spiro atoms. The summed E-state index contributed by atoms with van der Waals surface area (Å²) in [5, 5.41) is 2.24. The fourth-order valence-electron chi connectivity index (χ4n) is 2.63. The predicted molar refractivity (Wildman–Crippen MR) is 67.0 cm³/mol. The number of rotatable bonds is 0. The average molecular weight is 220 g/mol. The van der Waals surface area contributed by atoms with Gasteiger partial charge in [0.2, 0.25) is 0 Å². The van der Waals surface area contributed by atoms with E-state index in [1.54, 1.807) is 0 Å². The Morgan fingerprint density at radius 2 is 2.00 bits per heavy atom. The molecule has 1 saturated heterocycles. The highest BCUT2D eigenvalue weighted by Gasteiger charge is 2.25. The van der Waals surface area contributed by atoms with E-state index in [1.807, 2.05) is 12.3 Å². The van der Waals surface area contributed by atoms with E-state index in [1.165, 1.54) is 22.2 Å². The molecule has 17 heavy (non-hydrogen) atoms. The van der Waals surface area contributed by atoms with E-state index in [2.05, 4.69) is 46.4 Å². The van der Waals surface area contributed by atoms with Gasteiger partial charge in [-0.3, -0.25) is 4.99 Å². The molecule has 0 aromatic heterocycles. The van der Waals surface area contributed by atoms with E-state index in [0.717, 1.165) is 18.2 Å². The summed E-state index contributed by atoms with van der Waals surface area (Å²) in [5.74, 6) is 0. The first kappa shape index (κ1) is 8.99. The first-order valence-electron chi connectivity index (χ1n) is 5.96. The third-order valence-electron chi connectivity index (χ3n) is 3.56. The van der Waals surface area contributed by atoms with Crippen LogP contribution in [-0.2, 0) is 0 Å². The van der Waals surface area contributed by atoms with Crippen LogP contribution in [0.1, 0.15) is 12.8 Å². The van der Waals surface area contributed by atoms with Crippen LogP contribution in [-0.4, -0.2) is 4.90 Å². The van der Waals surface area contributed by atoms with E-state index < -0.39 is 0 Å². The topological polar surface area (TPSA) is 15.6 Å². The normalized spacial score (nSPS) is 20.0. The predicted octanol–water partition coefficient (Wildman–Crippen LogP) is 1.82. The molecule has 0 unspecified atom stereocenters. The molecule has 82 valence electrons. The molecule has 1 aromatic carbocycles. The van der Waals surface area contributed by atoms with Gasteiger partial charge in [0.15, 0.2) is 0 Å². The van der Waals surface area contributed by atoms with E-state index in [4.69, 9.17) is 0 Å². The van der Waals surface area contributed by atoms with Crippen molar-refractivity contribution in [2.45, 2.75) is 12.8 Å². The zero-order chi connectivity index (χ0) is 11.2. The molecule has 2 heteroatoms. The Hall–Kier alpha value is -2.09. The van der Waals surface area contributed by atoms with Gasteiger partial charge >= 0.3 is 0 Å². The van der Waals surface area contributed by atoms with Gasteiger partial charge in [0, 0.05) is 17.1 Å². The molecule has 5 rings (SSSR count). The lowest BCUT2D eigenvalue weighted by Gasteiger charge is -2.35. The lowest BCUT2D eigenvalue weighted by molar-refractivity contribution is 0.536. The first-order valence-corrected chi connectivity index (χ1v) is 5.96. The quantitative estimate of drug-likeness (QED) is 0.651. The largest absolute Gasteiger partial charge is 0.318 e. The van der Waals surface area contributed by atoms with Gasteiger partial charge in [-0.15, -0.1) is 0 Å². The second-order valence-corrected chi connectivity index (χ2v) is 4.55. The minimum Gasteiger partial charge on any atom is -0.318 e. The van der Waals surface area contributed by atoms with Gasteiger partial charge in [0.1, 0.15) is 0 Å². The van der Waals surface area contributed by atoms with Gasteiger partial charge in [0.05, 0.1) is 17.3 Å². The SMILES string of the molecule is C1=C2CCC(=C1)N1C=c3ccccc3=NC=C21. The van der Waals surface area contributed by atoms with Gasteiger partial charge in [-0.25, -0.2) is 0 Å². The van der Waals surface area contributed by atoms with Gasteiger partial charge in [-0.05, 0) is 30.6 Å². The van der Waals surface area contributed by atoms with Crippen LogP contribution in [0.15, 0.2) is 64.6 Å². The summed E-state index contributed by atoms with van der Waals surface area (Å²) in [6.45, 7) is 0. The van der Waals surface area contributed by atoms with Crippen molar-refractivity contribution < 1.29 is 0 Å². The van der Waals surface area contributed by atoms with Crippen LogP contribution in [0.3, 0.4) is 0 Å². The Morgan fingerprint density at radius 1 is 1.06 bits per heavy atom. The summed E-state index contributed by atoms with van der Waals surface area (Å²) < 4.78 is 0. The van der Waals surface area contributed by atoms with Crippen molar-refractivity contribution in [2.24, 2.45) is 4.99 Å². The number of nitrogens with zero attached hydrogens (tertiary/aromatic N) is 2. The Kier molecular flexibility index (Phi) is 1.69. The third-order valence-corrected chi connectivity index (χ3v) is 3.56. The van der Waals surface area contributed by atoms with Crippen molar-refractivity contribution >= 4 is 6.20 Å². The molecular formula is C15H12N2. The second-order valence-electron chi connectivity index (χ2n) is 4.55. The summed E-state index contributed by atoms with van der Waals surface area (Å²) in [4.78, 5) is 6.87. The van der Waals surface area contributed by atoms with Gasteiger partial charge in [0.25, 0.3) is 0 Å². The number of hydrogen-bond acceptors (Lipinski definition) is 2. The number of para-hydroxylation sites is 1. The highest BCUT2D eigenvalue weighted by atomic mass is 15.2. The second kappa shape index (κ2) is 3.20. The maximum absolute atomic E-state index is 4.59. The molecule has 0 saturated carbocycles. The Balaban J connectivity index is 2.02. The summed E-state index contributed by atoms with van der Waals surface area (Å²) in [7, 11) is 0. The molecule has 3 heterocycles. The molecule has 0 atom stereocenters. The Morgan fingerprint density at radius 3 is 2.88 bits per heavy atom. The Bertz CT molecular complexity index is 705. The molecule has 1 aromatic rings. The molecule has 0 N–H and O–H groups in total. The van der Waals surface area contributed by atoms with Crippen LogP contribution >= 0.6 is 0 Å². The minimum atomic E-state index is 1.05. The third kappa shape index (κ3) is 1.24. The lowest BCUT2D eigenvalue weighted by atomic mass is 9.93. The standard InChI is InChI=1S/C15H12N2/c1-2-4-14-12(3-1)10-17-13-7-5-11(6-8-13)15(17)9-16-14/h1-5,7,9-10H,6,8H2. The highest BCUT2D eigenvalue weighted by molar-refractivity contribution is 5.51. The van der Waals surface area contributed by atoms with Gasteiger partial charge < -0.3 is 4.90 Å². The van der Waals surface area contributed by atoms with Crippen molar-refractivity contribution in [1.29, 1.82) is 0 Å². The minimum absolute atomic E-state index is 1.05. The number of fused-ring (bicyclic) bond motifs is 3. The average Bonchev–Trinajstić information content (AvgIpc) is 2.60. The van der Waals surface area contributed by atoms with E-state index in [0.29, 0.717) is 0 Å². The highest BCUT2D eigenvalue weighted by Crippen LogP contribution is 2.37. The van der Waals surface area contributed by atoms with Crippen molar-refractivity contribution in [2.75, 3.05) is 0 Å². The molecule has 4 aliphatic rings. The molecule has 2 bridgehead atoms. The monoisotopic (exact) mass is 220 g/mol. The molecule has 3 aliphatic heterocycles. The molecule has 0 radical (unpaired) electrons. The zero-order valence-corrected chi connectivity index (χ0v) is 9.43. The maximum atomic E-state index is 4.59. The molecule has 2 nitrogen and oxygen atoms in total. The summed E-state index contributed by atoms with van der Waals surface area (Å²) in [5.41, 5.74) is 4.01. The van der Waals surface area contributed by atoms with Crippen molar-refractivity contribution in [3.63, 3.8) is 0 Å². The van der Waals surface area contributed by atoms with Crippen LogP contribution in [0.25, 0.3) is 6.20 Å². The maximum Gasteiger partial charge on any atom is 0.0717 e. The van der Waals surface area contributed by atoms with Crippen LogP contribution < -0.4 is 10.6 Å². The summed E-state index contributed by atoms with van der Waals surface area (Å²) >= 11 is 0. The molecule has 0 amide bonds. The number of hydrogen-bond donors (Lipinski definition) is 0. The first-order chi connectivity index (χ1) is 8.42. The van der Waals surface area contributed by atoms with E-state index >= 15 is 0 Å². The van der Waals surface area contributed by atoms with Crippen LogP contribution in [0.4, 0.5) is 0 Å². The number of piperidine rings is 1. The van der Waals surface area contributed by atoms with Crippen LogP contribution in [0, 0.1) is 0 Å².